The molecule has 0 saturated carbocycles. The first kappa shape index (κ1) is 17.2. The lowest BCUT2D eigenvalue weighted by atomic mass is 10.0. The van der Waals surface area contributed by atoms with Gasteiger partial charge in [-0.1, -0.05) is 0 Å². The molecule has 0 N–H and O–H groups in total. The van der Waals surface area contributed by atoms with Gasteiger partial charge in [-0.05, 0) is 37.6 Å². The van der Waals surface area contributed by atoms with Crippen LogP contribution in [0, 0.1) is 6.92 Å². The summed E-state index contributed by atoms with van der Waals surface area (Å²) in [5.41, 5.74) is 3.70. The highest BCUT2D eigenvalue weighted by atomic mass is 16.5. The van der Waals surface area contributed by atoms with Gasteiger partial charge in [0.25, 0.3) is 5.91 Å². The van der Waals surface area contributed by atoms with Crippen molar-refractivity contribution in [3.63, 3.8) is 0 Å². The Hall–Kier alpha value is -2.63. The SMILES string of the molecule is COc1ncccc1C(=O)N1CCC(c2cc(N(C)C)cc(C)n2)C1. The Morgan fingerprint density at radius 2 is 2.16 bits per heavy atom. The molecule has 0 aromatic carbocycles. The van der Waals surface area contributed by atoms with E-state index in [0.29, 0.717) is 24.5 Å². The molecule has 1 amide bonds. The largest absolute Gasteiger partial charge is 0.480 e. The standard InChI is InChI=1S/C19H24N4O2/c1-13-10-15(22(2)3)11-17(21-13)14-7-9-23(12-14)19(24)16-6-5-8-20-18(16)25-4/h5-6,8,10-11,14H,7,9,12H2,1-4H3. The normalized spacial score (nSPS) is 16.8. The number of amides is 1. The number of nitrogens with zero attached hydrogens (tertiary/aromatic N) is 4. The topological polar surface area (TPSA) is 58.6 Å². The van der Waals surface area contributed by atoms with Gasteiger partial charge >= 0.3 is 0 Å². The molecule has 0 radical (unpaired) electrons. The van der Waals surface area contributed by atoms with Crippen molar-refractivity contribution in [1.82, 2.24) is 14.9 Å². The Morgan fingerprint density at radius 3 is 2.88 bits per heavy atom. The zero-order valence-corrected chi connectivity index (χ0v) is 15.2. The quantitative estimate of drug-likeness (QED) is 0.856. The van der Waals surface area contributed by atoms with Crippen LogP contribution in [-0.4, -0.2) is 55.1 Å². The lowest BCUT2D eigenvalue weighted by Crippen LogP contribution is -2.29. The number of aromatic nitrogens is 2. The lowest BCUT2D eigenvalue weighted by Gasteiger charge is -2.19. The monoisotopic (exact) mass is 340 g/mol. The van der Waals surface area contributed by atoms with Crippen LogP contribution in [-0.2, 0) is 0 Å². The van der Waals surface area contributed by atoms with Gasteiger partial charge in [-0.3, -0.25) is 9.78 Å². The number of pyridine rings is 2. The third kappa shape index (κ3) is 3.57. The molecule has 1 fully saturated rings. The van der Waals surface area contributed by atoms with Crippen molar-refractivity contribution in [3.05, 3.63) is 47.4 Å². The molecular weight excluding hydrogens is 316 g/mol. The molecule has 132 valence electrons. The van der Waals surface area contributed by atoms with E-state index in [-0.39, 0.29) is 11.8 Å². The third-order valence-electron chi connectivity index (χ3n) is 4.56. The van der Waals surface area contributed by atoms with Gasteiger partial charge in [0, 0.05) is 56.4 Å². The number of hydrogen-bond donors (Lipinski definition) is 0. The van der Waals surface area contributed by atoms with Crippen LogP contribution in [0.5, 0.6) is 5.88 Å². The number of anilines is 1. The second-order valence-corrected chi connectivity index (χ2v) is 6.58. The molecule has 0 aliphatic carbocycles. The minimum absolute atomic E-state index is 0.0343. The minimum Gasteiger partial charge on any atom is -0.480 e. The number of aryl methyl sites for hydroxylation is 1. The van der Waals surface area contributed by atoms with E-state index < -0.39 is 0 Å². The molecular formula is C19H24N4O2. The Balaban J connectivity index is 1.79. The van der Waals surface area contributed by atoms with Gasteiger partial charge in [0.05, 0.1) is 7.11 Å². The molecule has 1 unspecified atom stereocenters. The predicted octanol–water partition coefficient (Wildman–Crippen LogP) is 2.49. The molecule has 1 saturated heterocycles. The Morgan fingerprint density at radius 1 is 1.36 bits per heavy atom. The lowest BCUT2D eigenvalue weighted by molar-refractivity contribution is 0.0786. The Labute approximate surface area is 148 Å². The van der Waals surface area contributed by atoms with Gasteiger partial charge in [0.1, 0.15) is 5.56 Å². The zero-order valence-electron chi connectivity index (χ0n) is 15.2. The summed E-state index contributed by atoms with van der Waals surface area (Å²) in [7, 11) is 5.58. The van der Waals surface area contributed by atoms with Gasteiger partial charge in [0.2, 0.25) is 5.88 Å². The fourth-order valence-electron chi connectivity index (χ4n) is 3.22. The van der Waals surface area contributed by atoms with Crippen LogP contribution < -0.4 is 9.64 Å². The molecule has 0 spiro atoms. The Kier molecular flexibility index (Phi) is 4.88. The van der Waals surface area contributed by atoms with E-state index in [1.54, 1.807) is 18.3 Å². The maximum atomic E-state index is 12.8. The van der Waals surface area contributed by atoms with E-state index in [1.165, 1.54) is 7.11 Å². The van der Waals surface area contributed by atoms with Crippen molar-refractivity contribution in [2.75, 3.05) is 39.2 Å². The summed E-state index contributed by atoms with van der Waals surface area (Å²) in [6, 6.07) is 7.71. The summed E-state index contributed by atoms with van der Waals surface area (Å²) in [5, 5.41) is 0. The van der Waals surface area contributed by atoms with E-state index >= 15 is 0 Å². The van der Waals surface area contributed by atoms with Crippen LogP contribution in [0.4, 0.5) is 5.69 Å². The number of ether oxygens (including phenoxy) is 1. The van der Waals surface area contributed by atoms with Crippen molar-refractivity contribution >= 4 is 11.6 Å². The van der Waals surface area contributed by atoms with Gasteiger partial charge in [0.15, 0.2) is 0 Å². The number of carbonyl (C=O) groups is 1. The predicted molar refractivity (Wildman–Crippen MR) is 97.4 cm³/mol. The van der Waals surface area contributed by atoms with Crippen molar-refractivity contribution in [3.8, 4) is 5.88 Å². The van der Waals surface area contributed by atoms with Crippen LogP contribution in [0.3, 0.4) is 0 Å². The van der Waals surface area contributed by atoms with Crippen LogP contribution in [0.2, 0.25) is 0 Å². The van der Waals surface area contributed by atoms with Gasteiger partial charge < -0.3 is 14.5 Å². The number of likely N-dealkylation sites (tertiary alicyclic amines) is 1. The molecule has 6 heteroatoms. The maximum Gasteiger partial charge on any atom is 0.259 e. The van der Waals surface area contributed by atoms with Gasteiger partial charge in [-0.2, -0.15) is 0 Å². The molecule has 3 heterocycles. The third-order valence-corrected chi connectivity index (χ3v) is 4.56. The molecule has 1 aliphatic rings. The molecule has 6 nitrogen and oxygen atoms in total. The Bertz CT molecular complexity index is 776. The van der Waals surface area contributed by atoms with E-state index in [4.69, 9.17) is 9.72 Å². The highest BCUT2D eigenvalue weighted by molar-refractivity contribution is 5.96. The number of methoxy groups -OCH3 is 1. The average Bonchev–Trinajstić information content (AvgIpc) is 3.10. The first-order valence-corrected chi connectivity index (χ1v) is 8.43. The summed E-state index contributed by atoms with van der Waals surface area (Å²) in [6.45, 7) is 3.39. The average molecular weight is 340 g/mol. The molecule has 1 aliphatic heterocycles. The molecule has 25 heavy (non-hydrogen) atoms. The fourth-order valence-corrected chi connectivity index (χ4v) is 3.22. The van der Waals surface area contributed by atoms with Crippen LogP contribution in [0.1, 0.15) is 34.1 Å². The van der Waals surface area contributed by atoms with E-state index in [9.17, 15) is 4.79 Å². The summed E-state index contributed by atoms with van der Waals surface area (Å²) in [5.74, 6) is 0.595. The molecule has 3 rings (SSSR count). The van der Waals surface area contributed by atoms with E-state index in [1.807, 2.05) is 25.9 Å². The molecule has 2 aromatic rings. The van der Waals surface area contributed by atoms with Crippen LogP contribution >= 0.6 is 0 Å². The van der Waals surface area contributed by atoms with Crippen molar-refractivity contribution < 1.29 is 9.53 Å². The zero-order chi connectivity index (χ0) is 18.0. The maximum absolute atomic E-state index is 12.8. The molecule has 2 aromatic heterocycles. The molecule has 1 atom stereocenters. The van der Waals surface area contributed by atoms with E-state index in [0.717, 1.165) is 23.5 Å². The minimum atomic E-state index is -0.0343. The number of hydrogen-bond acceptors (Lipinski definition) is 5. The van der Waals surface area contributed by atoms with Crippen LogP contribution in [0.25, 0.3) is 0 Å². The number of rotatable bonds is 4. The highest BCUT2D eigenvalue weighted by Crippen LogP contribution is 2.30. The highest BCUT2D eigenvalue weighted by Gasteiger charge is 2.30. The second kappa shape index (κ2) is 7.09. The smallest absolute Gasteiger partial charge is 0.259 e. The first-order chi connectivity index (χ1) is 12.0. The number of carbonyl (C=O) groups excluding carboxylic acids is 1. The fraction of sp³-hybridized carbons (Fsp3) is 0.421. The second-order valence-electron chi connectivity index (χ2n) is 6.58. The summed E-state index contributed by atoms with van der Waals surface area (Å²) < 4.78 is 5.22. The van der Waals surface area contributed by atoms with Crippen molar-refractivity contribution in [1.29, 1.82) is 0 Å². The first-order valence-electron chi connectivity index (χ1n) is 8.43. The van der Waals surface area contributed by atoms with Crippen molar-refractivity contribution in [2.24, 2.45) is 0 Å². The summed E-state index contributed by atoms with van der Waals surface area (Å²) >= 11 is 0. The molecule has 0 bridgehead atoms. The summed E-state index contributed by atoms with van der Waals surface area (Å²) in [4.78, 5) is 25.6. The van der Waals surface area contributed by atoms with E-state index in [2.05, 4.69) is 22.0 Å². The van der Waals surface area contributed by atoms with Gasteiger partial charge in [-0.15, -0.1) is 0 Å². The van der Waals surface area contributed by atoms with Crippen molar-refractivity contribution in [2.45, 2.75) is 19.3 Å². The summed E-state index contributed by atoms with van der Waals surface area (Å²) in [6.07, 6.45) is 2.54. The van der Waals surface area contributed by atoms with Crippen LogP contribution in [0.15, 0.2) is 30.5 Å². The van der Waals surface area contributed by atoms with Gasteiger partial charge in [-0.25, -0.2) is 4.98 Å².